The summed E-state index contributed by atoms with van der Waals surface area (Å²) in [6, 6.07) is 6.68. The lowest BCUT2D eigenvalue weighted by molar-refractivity contribution is 0.0945. The molecule has 1 aromatic carbocycles. The Morgan fingerprint density at radius 1 is 1.24 bits per heavy atom. The summed E-state index contributed by atoms with van der Waals surface area (Å²) in [7, 11) is 0. The van der Waals surface area contributed by atoms with Crippen LogP contribution >= 0.6 is 0 Å². The number of rotatable bonds is 6. The number of benzene rings is 1. The van der Waals surface area contributed by atoms with Crippen molar-refractivity contribution < 1.29 is 13.6 Å². The number of nitrogens with one attached hydrogen (secondary N) is 2. The molecule has 3 fully saturated rings. The van der Waals surface area contributed by atoms with E-state index in [9.17, 15) is 4.79 Å². The van der Waals surface area contributed by atoms with E-state index in [-0.39, 0.29) is 23.8 Å². The normalized spacial score (nSPS) is 21.0. The largest absolute Gasteiger partial charge is 0.363 e. The van der Waals surface area contributed by atoms with E-state index < -0.39 is 23.5 Å². The minimum atomic E-state index is -0.451. The molecule has 0 saturated carbocycles. The second-order valence-corrected chi connectivity index (χ2v) is 9.39. The average Bonchev–Trinajstić information content (AvgIpc) is 2.98. The number of aryl methyl sites for hydroxylation is 1. The van der Waals surface area contributed by atoms with Crippen molar-refractivity contribution in [2.75, 3.05) is 24.5 Å². The van der Waals surface area contributed by atoms with E-state index >= 15 is 8.78 Å². The van der Waals surface area contributed by atoms with Gasteiger partial charge in [0.25, 0.3) is 5.91 Å². The topological polar surface area (TPSA) is 75.1 Å². The molecule has 9 heteroatoms. The molecule has 2 aromatic heterocycles. The van der Waals surface area contributed by atoms with Crippen LogP contribution in [0.25, 0.3) is 11.0 Å². The van der Waals surface area contributed by atoms with E-state index in [2.05, 4.69) is 20.8 Å². The molecule has 5 heterocycles. The van der Waals surface area contributed by atoms with Gasteiger partial charge < -0.3 is 20.1 Å². The van der Waals surface area contributed by atoms with Crippen LogP contribution in [0.2, 0.25) is 0 Å². The van der Waals surface area contributed by atoms with E-state index in [4.69, 9.17) is 0 Å². The molecule has 3 atom stereocenters. The van der Waals surface area contributed by atoms with Crippen molar-refractivity contribution in [1.29, 1.82) is 0 Å². The summed E-state index contributed by atoms with van der Waals surface area (Å²) in [5.74, 6) is -1.67. The van der Waals surface area contributed by atoms with Crippen molar-refractivity contribution in [2.45, 2.75) is 57.7 Å². The Morgan fingerprint density at radius 3 is 2.91 bits per heavy atom. The van der Waals surface area contributed by atoms with Crippen molar-refractivity contribution in [3.8, 4) is 0 Å². The molecular formula is C25H30F2N6O. The van der Waals surface area contributed by atoms with Crippen molar-refractivity contribution in [2.24, 2.45) is 0 Å². The molecule has 180 valence electrons. The third-order valence-electron chi connectivity index (χ3n) is 7.15. The van der Waals surface area contributed by atoms with Gasteiger partial charge in [-0.15, -0.1) is 10.2 Å². The minimum absolute atomic E-state index is 0.155. The maximum absolute atomic E-state index is 15.1. The maximum Gasteiger partial charge on any atom is 0.271 e. The molecule has 3 aliphatic heterocycles. The van der Waals surface area contributed by atoms with Crippen molar-refractivity contribution in [3.63, 3.8) is 0 Å². The average molecular weight is 469 g/mol. The van der Waals surface area contributed by atoms with Crippen molar-refractivity contribution >= 4 is 22.6 Å². The standard InChI is InChI=1S/C25H30F2N6O/c1-3-32-8-7-16-9-22(30-31-24(16)32)25(34)29-12-15(2)19-10-21(27)23(11-20(19)26)33-14-17-5-4-6-18(33)13-28-17/h7-11,15,17-18,28H,3-6,12-14H2,1-2H3,(H,29,34)/t15-,17?,18?/m1/s1. The summed E-state index contributed by atoms with van der Waals surface area (Å²) in [6.45, 7) is 6.19. The van der Waals surface area contributed by atoms with Crippen LogP contribution in [0.3, 0.4) is 0 Å². The van der Waals surface area contributed by atoms with Gasteiger partial charge in [0.1, 0.15) is 11.6 Å². The molecule has 3 aromatic rings. The van der Waals surface area contributed by atoms with Crippen LogP contribution in [-0.4, -0.2) is 52.4 Å². The number of anilines is 1. The van der Waals surface area contributed by atoms with Gasteiger partial charge in [0.05, 0.1) is 5.69 Å². The number of aromatic nitrogens is 3. The van der Waals surface area contributed by atoms with E-state index in [1.807, 2.05) is 28.7 Å². The molecule has 7 nitrogen and oxygen atoms in total. The highest BCUT2D eigenvalue weighted by Gasteiger charge is 2.33. The fourth-order valence-electron chi connectivity index (χ4n) is 5.16. The maximum atomic E-state index is 15.1. The summed E-state index contributed by atoms with van der Waals surface area (Å²) in [6.07, 6.45) is 5.04. The number of hydrogen-bond donors (Lipinski definition) is 2. The van der Waals surface area contributed by atoms with Crippen LogP contribution in [-0.2, 0) is 6.54 Å². The lowest BCUT2D eigenvalue weighted by Crippen LogP contribution is -2.54. The van der Waals surface area contributed by atoms with Gasteiger partial charge in [-0.25, -0.2) is 8.78 Å². The van der Waals surface area contributed by atoms with Gasteiger partial charge in [0, 0.05) is 61.8 Å². The summed E-state index contributed by atoms with van der Waals surface area (Å²) in [5, 5.41) is 15.3. The molecule has 2 bridgehead atoms. The van der Waals surface area contributed by atoms with Crippen molar-refractivity contribution in [3.05, 3.63) is 53.4 Å². The Bertz CT molecular complexity index is 1210. The Kier molecular flexibility index (Phi) is 6.20. The van der Waals surface area contributed by atoms with Crippen LogP contribution in [0, 0.1) is 11.6 Å². The predicted molar refractivity (Wildman–Crippen MR) is 127 cm³/mol. The number of piperazine rings is 1. The Hall–Kier alpha value is -3.07. The number of nitrogens with zero attached hydrogens (tertiary/aromatic N) is 4. The summed E-state index contributed by atoms with van der Waals surface area (Å²) >= 11 is 0. The first-order valence-electron chi connectivity index (χ1n) is 12.0. The molecule has 2 N–H and O–H groups in total. The van der Waals surface area contributed by atoms with Gasteiger partial charge in [-0.1, -0.05) is 6.92 Å². The van der Waals surface area contributed by atoms with Gasteiger partial charge in [-0.2, -0.15) is 0 Å². The summed E-state index contributed by atoms with van der Waals surface area (Å²) in [4.78, 5) is 14.6. The Morgan fingerprint density at radius 2 is 2.09 bits per heavy atom. The van der Waals surface area contributed by atoms with Crippen LogP contribution in [0.15, 0.2) is 30.5 Å². The fraction of sp³-hybridized carbons (Fsp3) is 0.480. The lowest BCUT2D eigenvalue weighted by Gasteiger charge is -2.39. The van der Waals surface area contributed by atoms with Gasteiger partial charge >= 0.3 is 0 Å². The first kappa shape index (κ1) is 22.7. The molecule has 1 amide bonds. The summed E-state index contributed by atoms with van der Waals surface area (Å²) < 4.78 is 32.2. The molecule has 2 unspecified atom stereocenters. The molecule has 3 saturated heterocycles. The molecule has 3 aliphatic rings. The van der Waals surface area contributed by atoms with E-state index in [0.29, 0.717) is 18.3 Å². The number of halogens is 2. The second kappa shape index (κ2) is 9.29. The molecule has 0 spiro atoms. The predicted octanol–water partition coefficient (Wildman–Crippen LogP) is 3.59. The smallest absolute Gasteiger partial charge is 0.271 e. The molecule has 6 rings (SSSR count). The highest BCUT2D eigenvalue weighted by Crippen LogP contribution is 2.32. The molecular weight excluding hydrogens is 438 g/mol. The van der Waals surface area contributed by atoms with Crippen LogP contribution < -0.4 is 15.5 Å². The van der Waals surface area contributed by atoms with Gasteiger partial charge in [-0.3, -0.25) is 4.79 Å². The number of amides is 1. The van der Waals surface area contributed by atoms with Gasteiger partial charge in [0.15, 0.2) is 11.3 Å². The number of hydrogen-bond acceptors (Lipinski definition) is 5. The summed E-state index contributed by atoms with van der Waals surface area (Å²) in [5.41, 5.74) is 1.50. The number of carbonyl (C=O) groups excluding carboxylic acids is 1. The Balaban J connectivity index is 1.28. The molecule has 0 aliphatic carbocycles. The molecule has 34 heavy (non-hydrogen) atoms. The third kappa shape index (κ3) is 4.24. The SMILES string of the molecule is CCn1ccc2cc(C(=O)NC[C@@H](C)c3cc(F)c(N4CC5CCCC4CN5)cc3F)nnc21. The monoisotopic (exact) mass is 468 g/mol. The van der Waals surface area contributed by atoms with Crippen molar-refractivity contribution in [1.82, 2.24) is 25.4 Å². The van der Waals surface area contributed by atoms with Crippen LogP contribution in [0.5, 0.6) is 0 Å². The first-order chi connectivity index (χ1) is 16.4. The van der Waals surface area contributed by atoms with E-state index in [0.717, 1.165) is 43.4 Å². The third-order valence-corrected chi connectivity index (χ3v) is 7.15. The van der Waals surface area contributed by atoms with E-state index in [1.165, 1.54) is 12.1 Å². The zero-order valence-electron chi connectivity index (χ0n) is 19.5. The minimum Gasteiger partial charge on any atom is -0.363 e. The lowest BCUT2D eigenvalue weighted by atomic mass is 9.98. The first-order valence-corrected chi connectivity index (χ1v) is 12.0. The Labute approximate surface area is 197 Å². The highest BCUT2D eigenvalue weighted by molar-refractivity contribution is 5.95. The number of fused-ring (bicyclic) bond motifs is 5. The highest BCUT2D eigenvalue weighted by atomic mass is 19.1. The quantitative estimate of drug-likeness (QED) is 0.578. The van der Waals surface area contributed by atoms with Crippen LogP contribution in [0.4, 0.5) is 14.5 Å². The zero-order valence-corrected chi connectivity index (χ0v) is 19.5. The van der Waals surface area contributed by atoms with Gasteiger partial charge in [-0.05, 0) is 49.9 Å². The fourth-order valence-corrected chi connectivity index (χ4v) is 5.16. The van der Waals surface area contributed by atoms with Crippen LogP contribution in [0.1, 0.15) is 55.1 Å². The van der Waals surface area contributed by atoms with E-state index in [1.54, 1.807) is 13.0 Å². The van der Waals surface area contributed by atoms with Gasteiger partial charge in [0.2, 0.25) is 0 Å². The molecule has 0 radical (unpaired) electrons. The zero-order chi connectivity index (χ0) is 23.8. The second-order valence-electron chi connectivity index (χ2n) is 9.39. The number of carbonyl (C=O) groups is 1.